The maximum atomic E-state index is 11.9. The normalized spacial score (nSPS) is 11.7. The summed E-state index contributed by atoms with van der Waals surface area (Å²) >= 11 is 0. The Hall–Kier alpha value is -1.51. The van der Waals surface area contributed by atoms with E-state index in [9.17, 15) is 13.2 Å². The zero-order chi connectivity index (χ0) is 14.5. The monoisotopic (exact) mass is 287 g/mol. The first-order chi connectivity index (χ1) is 8.90. The van der Waals surface area contributed by atoms with Gasteiger partial charge in [0.05, 0.1) is 17.8 Å². The van der Waals surface area contributed by atoms with Gasteiger partial charge in [0.25, 0.3) is 10.2 Å². The molecule has 0 bridgehead atoms. The second-order valence-corrected chi connectivity index (χ2v) is 5.51. The highest BCUT2D eigenvalue weighted by Gasteiger charge is 2.18. The van der Waals surface area contributed by atoms with E-state index in [1.54, 1.807) is 13.8 Å². The van der Waals surface area contributed by atoms with Crippen LogP contribution in [0.2, 0.25) is 0 Å². The summed E-state index contributed by atoms with van der Waals surface area (Å²) in [7, 11) is -3.56. The van der Waals surface area contributed by atoms with Crippen LogP contribution in [0.5, 0.6) is 0 Å². The molecule has 1 heterocycles. The average Bonchev–Trinajstić information content (AvgIpc) is 2.38. The Bertz CT molecular complexity index is 541. The Morgan fingerprint density at radius 1 is 1.42 bits per heavy atom. The minimum atomic E-state index is -3.56. The second-order valence-electron chi connectivity index (χ2n) is 3.75. The van der Waals surface area contributed by atoms with Crippen LogP contribution in [0, 0.1) is 0 Å². The van der Waals surface area contributed by atoms with Crippen LogP contribution in [-0.4, -0.2) is 41.9 Å². The maximum Gasteiger partial charge on any atom is 0.335 e. The first kappa shape index (κ1) is 15.5. The maximum absolute atomic E-state index is 11.9. The molecule has 2 N–H and O–H groups in total. The molecule has 0 saturated carbocycles. The Morgan fingerprint density at radius 3 is 2.58 bits per heavy atom. The van der Waals surface area contributed by atoms with Crippen molar-refractivity contribution in [2.45, 2.75) is 20.4 Å². The topological polar surface area (TPSA) is 99.6 Å². The zero-order valence-electron chi connectivity index (χ0n) is 10.8. The van der Waals surface area contributed by atoms with E-state index in [1.807, 2.05) is 0 Å². The molecule has 0 aromatic carbocycles. The largest absolute Gasteiger partial charge is 0.478 e. The summed E-state index contributed by atoms with van der Waals surface area (Å²) in [6.07, 6.45) is 1.34. The van der Waals surface area contributed by atoms with Crippen LogP contribution in [0.3, 0.4) is 0 Å². The first-order valence-electron chi connectivity index (χ1n) is 5.83. The third-order valence-electron chi connectivity index (χ3n) is 2.54. The highest BCUT2D eigenvalue weighted by molar-refractivity contribution is 7.87. The van der Waals surface area contributed by atoms with Gasteiger partial charge in [-0.15, -0.1) is 0 Å². The third-order valence-corrected chi connectivity index (χ3v) is 4.25. The Morgan fingerprint density at radius 2 is 2.05 bits per heavy atom. The van der Waals surface area contributed by atoms with Crippen LogP contribution in [0.1, 0.15) is 29.9 Å². The molecule has 7 nitrogen and oxygen atoms in total. The standard InChI is InChI=1S/C11H17N3O4S/c1-3-14(4-2)19(17,18)13-8-10-7-9(11(15)16)5-6-12-10/h5-7,13H,3-4,8H2,1-2H3,(H,15,16). The van der Waals surface area contributed by atoms with Crippen LogP contribution in [0.4, 0.5) is 0 Å². The lowest BCUT2D eigenvalue weighted by Gasteiger charge is -2.18. The molecule has 0 aliphatic carbocycles. The molecule has 0 unspecified atom stereocenters. The van der Waals surface area contributed by atoms with Gasteiger partial charge in [0, 0.05) is 19.3 Å². The van der Waals surface area contributed by atoms with Gasteiger partial charge in [0.1, 0.15) is 0 Å². The van der Waals surface area contributed by atoms with Crippen molar-refractivity contribution in [3.05, 3.63) is 29.6 Å². The van der Waals surface area contributed by atoms with Crippen molar-refractivity contribution >= 4 is 16.2 Å². The fourth-order valence-corrected chi connectivity index (χ4v) is 2.72. The number of aromatic nitrogens is 1. The molecule has 1 rings (SSSR count). The zero-order valence-corrected chi connectivity index (χ0v) is 11.6. The fraction of sp³-hybridized carbons (Fsp3) is 0.455. The SMILES string of the molecule is CCN(CC)S(=O)(=O)NCc1cc(C(=O)O)ccn1. The molecule has 0 atom stereocenters. The summed E-state index contributed by atoms with van der Waals surface area (Å²) in [4.78, 5) is 14.7. The van der Waals surface area contributed by atoms with Crippen molar-refractivity contribution in [1.82, 2.24) is 14.0 Å². The molecular formula is C11H17N3O4S. The number of rotatable bonds is 7. The number of carboxylic acids is 1. The summed E-state index contributed by atoms with van der Waals surface area (Å²) in [5, 5.41) is 8.83. The van der Waals surface area contributed by atoms with Crippen molar-refractivity contribution in [3.8, 4) is 0 Å². The lowest BCUT2D eigenvalue weighted by molar-refractivity contribution is 0.0696. The molecule has 106 valence electrons. The number of nitrogens with zero attached hydrogens (tertiary/aromatic N) is 2. The third kappa shape index (κ3) is 4.27. The van der Waals surface area contributed by atoms with Gasteiger partial charge < -0.3 is 5.11 Å². The number of aromatic carboxylic acids is 1. The second kappa shape index (κ2) is 6.60. The minimum Gasteiger partial charge on any atom is -0.478 e. The molecule has 0 fully saturated rings. The van der Waals surface area contributed by atoms with Crippen molar-refractivity contribution in [2.75, 3.05) is 13.1 Å². The number of hydrogen-bond acceptors (Lipinski definition) is 4. The number of pyridine rings is 1. The molecule has 8 heteroatoms. The Labute approximate surface area is 112 Å². The molecule has 0 spiro atoms. The van der Waals surface area contributed by atoms with Crippen LogP contribution in [0.15, 0.2) is 18.3 Å². The van der Waals surface area contributed by atoms with E-state index < -0.39 is 16.2 Å². The molecule has 0 amide bonds. The summed E-state index contributed by atoms with van der Waals surface area (Å²) < 4.78 is 27.4. The lowest BCUT2D eigenvalue weighted by atomic mass is 10.2. The van der Waals surface area contributed by atoms with Gasteiger partial charge in [-0.05, 0) is 12.1 Å². The number of nitrogens with one attached hydrogen (secondary N) is 1. The predicted octanol–water partition coefficient (Wildman–Crippen LogP) is 0.456. The number of hydrogen-bond donors (Lipinski definition) is 2. The van der Waals surface area contributed by atoms with Gasteiger partial charge in [0.15, 0.2) is 0 Å². The minimum absolute atomic E-state index is 0.0417. The van der Waals surface area contributed by atoms with Crippen molar-refractivity contribution in [1.29, 1.82) is 0 Å². The molecule has 0 saturated heterocycles. The highest BCUT2D eigenvalue weighted by Crippen LogP contribution is 2.03. The van der Waals surface area contributed by atoms with Gasteiger partial charge in [0.2, 0.25) is 0 Å². The van der Waals surface area contributed by atoms with Gasteiger partial charge in [-0.3, -0.25) is 4.98 Å². The van der Waals surface area contributed by atoms with E-state index in [2.05, 4.69) is 9.71 Å². The molecule has 0 radical (unpaired) electrons. The number of carboxylic acid groups (broad SMARTS) is 1. The van der Waals surface area contributed by atoms with E-state index in [4.69, 9.17) is 5.11 Å². The van der Waals surface area contributed by atoms with Crippen LogP contribution in [-0.2, 0) is 16.8 Å². The van der Waals surface area contributed by atoms with Crippen LogP contribution >= 0.6 is 0 Å². The molecule has 0 aliphatic rings. The molecular weight excluding hydrogens is 270 g/mol. The van der Waals surface area contributed by atoms with Gasteiger partial charge >= 0.3 is 5.97 Å². The molecule has 1 aromatic rings. The molecule has 0 aliphatic heterocycles. The van der Waals surface area contributed by atoms with Gasteiger partial charge in [-0.2, -0.15) is 17.4 Å². The Balaban J connectivity index is 2.77. The van der Waals surface area contributed by atoms with Crippen molar-refractivity contribution in [2.24, 2.45) is 0 Å². The van der Waals surface area contributed by atoms with E-state index in [0.717, 1.165) is 0 Å². The summed E-state index contributed by atoms with van der Waals surface area (Å²) in [6, 6.07) is 2.69. The molecule has 1 aromatic heterocycles. The quantitative estimate of drug-likeness (QED) is 0.758. The summed E-state index contributed by atoms with van der Waals surface area (Å²) in [5.41, 5.74) is 0.433. The predicted molar refractivity (Wildman–Crippen MR) is 69.9 cm³/mol. The smallest absolute Gasteiger partial charge is 0.335 e. The molecule has 19 heavy (non-hydrogen) atoms. The van der Waals surface area contributed by atoms with Crippen LogP contribution in [0.25, 0.3) is 0 Å². The average molecular weight is 287 g/mol. The first-order valence-corrected chi connectivity index (χ1v) is 7.27. The summed E-state index contributed by atoms with van der Waals surface area (Å²) in [6.45, 7) is 4.18. The van der Waals surface area contributed by atoms with E-state index in [1.165, 1.54) is 22.6 Å². The lowest BCUT2D eigenvalue weighted by Crippen LogP contribution is -2.40. The van der Waals surface area contributed by atoms with E-state index in [-0.39, 0.29) is 12.1 Å². The van der Waals surface area contributed by atoms with E-state index in [0.29, 0.717) is 18.8 Å². The highest BCUT2D eigenvalue weighted by atomic mass is 32.2. The van der Waals surface area contributed by atoms with Crippen molar-refractivity contribution in [3.63, 3.8) is 0 Å². The van der Waals surface area contributed by atoms with Crippen LogP contribution < -0.4 is 4.72 Å². The number of carbonyl (C=O) groups is 1. The fourth-order valence-electron chi connectivity index (χ4n) is 1.53. The Kier molecular flexibility index (Phi) is 5.40. The van der Waals surface area contributed by atoms with Gasteiger partial charge in [-0.1, -0.05) is 13.8 Å². The van der Waals surface area contributed by atoms with E-state index >= 15 is 0 Å². The van der Waals surface area contributed by atoms with Gasteiger partial charge in [-0.25, -0.2) is 4.79 Å². The van der Waals surface area contributed by atoms with Crippen molar-refractivity contribution < 1.29 is 18.3 Å². The summed E-state index contributed by atoms with van der Waals surface area (Å²) in [5.74, 6) is -1.07.